The van der Waals surface area contributed by atoms with Gasteiger partial charge >= 0.3 is 5.97 Å². The lowest BCUT2D eigenvalue weighted by Crippen LogP contribution is -2.04. The van der Waals surface area contributed by atoms with Gasteiger partial charge in [-0.1, -0.05) is 6.92 Å². The summed E-state index contributed by atoms with van der Waals surface area (Å²) in [7, 11) is 1.75. The van der Waals surface area contributed by atoms with Crippen molar-refractivity contribution in [3.8, 4) is 0 Å². The molecule has 0 amide bonds. The number of ether oxygens (including phenoxy) is 1. The van der Waals surface area contributed by atoms with Crippen molar-refractivity contribution in [3.05, 3.63) is 34.0 Å². The van der Waals surface area contributed by atoms with Gasteiger partial charge < -0.3 is 4.74 Å². The Hall–Kier alpha value is -1.69. The molecule has 90 valence electrons. The number of hydrogen-bond donors (Lipinski definition) is 0. The predicted octanol–water partition coefficient (Wildman–Crippen LogP) is 1.80. The molecule has 0 aliphatic carbocycles. The second-order valence-corrected chi connectivity index (χ2v) is 4.51. The van der Waals surface area contributed by atoms with Crippen LogP contribution in [0.1, 0.15) is 28.0 Å². The van der Waals surface area contributed by atoms with Gasteiger partial charge in [-0.3, -0.25) is 4.68 Å². The van der Waals surface area contributed by atoms with Crippen LogP contribution in [-0.2, 0) is 24.8 Å². The molecule has 2 aromatic heterocycles. The number of hydrogen-bond acceptors (Lipinski definition) is 5. The van der Waals surface area contributed by atoms with E-state index in [-0.39, 0.29) is 12.6 Å². The summed E-state index contributed by atoms with van der Waals surface area (Å²) < 4.78 is 6.70. The number of aromatic nitrogens is 3. The Bertz CT molecular complexity index is 518. The van der Waals surface area contributed by atoms with Crippen LogP contribution in [0.15, 0.2) is 17.8 Å². The molecule has 0 N–H and O–H groups in total. The van der Waals surface area contributed by atoms with Crippen molar-refractivity contribution in [1.29, 1.82) is 0 Å². The summed E-state index contributed by atoms with van der Waals surface area (Å²) in [4.78, 5) is 15.9. The van der Waals surface area contributed by atoms with Crippen LogP contribution in [0.2, 0.25) is 0 Å². The number of carbonyl (C=O) groups is 1. The zero-order valence-electron chi connectivity index (χ0n) is 9.71. The third-order valence-corrected chi connectivity index (χ3v) is 3.24. The van der Waals surface area contributed by atoms with E-state index in [1.807, 2.05) is 12.3 Å². The van der Waals surface area contributed by atoms with Gasteiger partial charge in [-0.15, -0.1) is 11.3 Å². The number of nitrogens with zero attached hydrogens (tertiary/aromatic N) is 3. The largest absolute Gasteiger partial charge is 0.455 e. The van der Waals surface area contributed by atoms with Gasteiger partial charge in [-0.05, 0) is 6.42 Å². The van der Waals surface area contributed by atoms with Gasteiger partial charge in [0, 0.05) is 18.6 Å². The third-order valence-electron chi connectivity index (χ3n) is 2.19. The molecule has 17 heavy (non-hydrogen) atoms. The minimum Gasteiger partial charge on any atom is -0.455 e. The van der Waals surface area contributed by atoms with Crippen LogP contribution in [0.3, 0.4) is 0 Å². The molecule has 2 aromatic rings. The molecule has 2 rings (SSSR count). The zero-order chi connectivity index (χ0) is 12.3. The fraction of sp³-hybridized carbons (Fsp3) is 0.364. The van der Waals surface area contributed by atoms with E-state index in [0.29, 0.717) is 5.56 Å². The van der Waals surface area contributed by atoms with Crippen molar-refractivity contribution >= 4 is 17.3 Å². The van der Waals surface area contributed by atoms with E-state index in [4.69, 9.17) is 4.74 Å². The van der Waals surface area contributed by atoms with Crippen molar-refractivity contribution in [2.45, 2.75) is 20.0 Å². The van der Waals surface area contributed by atoms with Crippen LogP contribution in [0, 0.1) is 0 Å². The fourth-order valence-electron chi connectivity index (χ4n) is 1.33. The first-order valence-electron chi connectivity index (χ1n) is 5.28. The van der Waals surface area contributed by atoms with E-state index < -0.39 is 0 Å². The molecule has 0 saturated heterocycles. The highest BCUT2D eigenvalue weighted by atomic mass is 32.1. The topological polar surface area (TPSA) is 57.0 Å². The Morgan fingerprint density at radius 3 is 3.00 bits per heavy atom. The van der Waals surface area contributed by atoms with Crippen molar-refractivity contribution in [2.75, 3.05) is 0 Å². The molecule has 0 fully saturated rings. The lowest BCUT2D eigenvalue weighted by Gasteiger charge is -1.99. The SMILES string of the molecule is CCc1nc(COC(=O)c2cnn(C)c2)cs1. The van der Waals surface area contributed by atoms with Gasteiger partial charge in [0.25, 0.3) is 0 Å². The van der Waals surface area contributed by atoms with Crippen LogP contribution >= 0.6 is 11.3 Å². The Balaban J connectivity index is 1.92. The van der Waals surface area contributed by atoms with Crippen LogP contribution in [-0.4, -0.2) is 20.7 Å². The zero-order valence-corrected chi connectivity index (χ0v) is 10.5. The number of esters is 1. The van der Waals surface area contributed by atoms with E-state index in [9.17, 15) is 4.79 Å². The first-order chi connectivity index (χ1) is 8.19. The average Bonchev–Trinajstić information content (AvgIpc) is 2.94. The summed E-state index contributed by atoms with van der Waals surface area (Å²) in [6, 6.07) is 0. The van der Waals surface area contributed by atoms with E-state index in [1.54, 1.807) is 29.3 Å². The highest BCUT2D eigenvalue weighted by molar-refractivity contribution is 7.09. The summed E-state index contributed by atoms with van der Waals surface area (Å²) in [5, 5.41) is 6.88. The monoisotopic (exact) mass is 251 g/mol. The van der Waals surface area contributed by atoms with Gasteiger partial charge in [-0.25, -0.2) is 9.78 Å². The van der Waals surface area contributed by atoms with Crippen molar-refractivity contribution in [2.24, 2.45) is 7.05 Å². The Morgan fingerprint density at radius 2 is 2.41 bits per heavy atom. The first kappa shape index (κ1) is 11.8. The van der Waals surface area contributed by atoms with Crippen molar-refractivity contribution in [1.82, 2.24) is 14.8 Å². The van der Waals surface area contributed by atoms with Crippen LogP contribution in [0.4, 0.5) is 0 Å². The minimum atomic E-state index is -0.371. The second-order valence-electron chi connectivity index (χ2n) is 3.56. The third kappa shape index (κ3) is 2.91. The van der Waals surface area contributed by atoms with E-state index >= 15 is 0 Å². The Kier molecular flexibility index (Phi) is 3.53. The van der Waals surface area contributed by atoms with Gasteiger partial charge in [-0.2, -0.15) is 5.10 Å². The standard InChI is InChI=1S/C11H13N3O2S/c1-3-10-13-9(7-17-10)6-16-11(15)8-4-12-14(2)5-8/h4-5,7H,3,6H2,1-2H3. The minimum absolute atomic E-state index is 0.213. The van der Waals surface area contributed by atoms with Crippen molar-refractivity contribution in [3.63, 3.8) is 0 Å². The quantitative estimate of drug-likeness (QED) is 0.777. The van der Waals surface area contributed by atoms with Gasteiger partial charge in [0.2, 0.25) is 0 Å². The molecule has 0 aromatic carbocycles. The smallest absolute Gasteiger partial charge is 0.341 e. The number of rotatable bonds is 4. The highest BCUT2D eigenvalue weighted by Gasteiger charge is 2.10. The molecule has 0 bridgehead atoms. The molecule has 0 aliphatic rings. The van der Waals surface area contributed by atoms with Crippen LogP contribution in [0.5, 0.6) is 0 Å². The summed E-state index contributed by atoms with van der Waals surface area (Å²) in [5.74, 6) is -0.371. The van der Waals surface area contributed by atoms with E-state index in [2.05, 4.69) is 10.1 Å². The molecule has 0 aliphatic heterocycles. The lowest BCUT2D eigenvalue weighted by atomic mass is 10.4. The molecule has 5 nitrogen and oxygen atoms in total. The summed E-state index contributed by atoms with van der Waals surface area (Å²) >= 11 is 1.58. The van der Waals surface area contributed by atoms with E-state index in [1.165, 1.54) is 6.20 Å². The first-order valence-corrected chi connectivity index (χ1v) is 6.16. The average molecular weight is 251 g/mol. The Labute approximate surface area is 103 Å². The molecule has 0 unspecified atom stereocenters. The summed E-state index contributed by atoms with van der Waals surface area (Å²) in [6.45, 7) is 2.26. The second kappa shape index (κ2) is 5.09. The fourth-order valence-corrected chi connectivity index (χ4v) is 2.06. The van der Waals surface area contributed by atoms with Gasteiger partial charge in [0.05, 0.1) is 22.5 Å². The molecule has 6 heteroatoms. The molecule has 0 saturated carbocycles. The number of thiazole rings is 1. The van der Waals surface area contributed by atoms with Crippen LogP contribution in [0.25, 0.3) is 0 Å². The van der Waals surface area contributed by atoms with Crippen LogP contribution < -0.4 is 0 Å². The maximum Gasteiger partial charge on any atom is 0.341 e. The Morgan fingerprint density at radius 1 is 1.59 bits per heavy atom. The highest BCUT2D eigenvalue weighted by Crippen LogP contribution is 2.11. The molecular formula is C11H13N3O2S. The number of carbonyl (C=O) groups excluding carboxylic acids is 1. The molecule has 0 radical (unpaired) electrons. The molecule has 2 heterocycles. The van der Waals surface area contributed by atoms with Gasteiger partial charge in [0.15, 0.2) is 0 Å². The normalized spacial score (nSPS) is 10.5. The van der Waals surface area contributed by atoms with Gasteiger partial charge in [0.1, 0.15) is 6.61 Å². The molecular weight excluding hydrogens is 238 g/mol. The molecule has 0 spiro atoms. The van der Waals surface area contributed by atoms with E-state index in [0.717, 1.165) is 17.1 Å². The maximum atomic E-state index is 11.6. The number of aryl methyl sites for hydroxylation is 2. The van der Waals surface area contributed by atoms with Crippen molar-refractivity contribution < 1.29 is 9.53 Å². The maximum absolute atomic E-state index is 11.6. The molecule has 0 atom stereocenters. The predicted molar refractivity (Wildman–Crippen MR) is 63.8 cm³/mol. The lowest BCUT2D eigenvalue weighted by molar-refractivity contribution is 0.0468. The summed E-state index contributed by atoms with van der Waals surface area (Å²) in [6.07, 6.45) is 4.02. The summed E-state index contributed by atoms with van der Waals surface area (Å²) in [5.41, 5.74) is 1.25.